The van der Waals surface area contributed by atoms with Crippen LogP contribution in [-0.4, -0.2) is 20.3 Å². The van der Waals surface area contributed by atoms with Crippen molar-refractivity contribution >= 4 is 21.6 Å². The second kappa shape index (κ2) is 5.26. The normalized spacial score (nSPS) is 10.3. The van der Waals surface area contributed by atoms with Crippen molar-refractivity contribution < 1.29 is 9.47 Å². The standard InChI is InChI=1S/C11H16BrNO2/c1-7(2)13-8-5-9(14-3)11(12)10(6-8)15-4/h5-7,13H,1-4H3. The highest BCUT2D eigenvalue weighted by Crippen LogP contribution is 2.37. The minimum absolute atomic E-state index is 0.376. The smallest absolute Gasteiger partial charge is 0.138 e. The first kappa shape index (κ1) is 12.2. The number of ether oxygens (including phenoxy) is 2. The summed E-state index contributed by atoms with van der Waals surface area (Å²) in [6, 6.07) is 4.25. The van der Waals surface area contributed by atoms with Crippen LogP contribution in [-0.2, 0) is 0 Å². The quantitative estimate of drug-likeness (QED) is 0.913. The average Bonchev–Trinajstić information content (AvgIpc) is 2.19. The van der Waals surface area contributed by atoms with E-state index in [1.165, 1.54) is 0 Å². The molecular weight excluding hydrogens is 258 g/mol. The first-order chi connectivity index (χ1) is 7.08. The Balaban J connectivity index is 3.09. The van der Waals surface area contributed by atoms with E-state index in [4.69, 9.17) is 9.47 Å². The van der Waals surface area contributed by atoms with Gasteiger partial charge in [-0.3, -0.25) is 0 Å². The number of rotatable bonds is 4. The summed E-state index contributed by atoms with van der Waals surface area (Å²) in [5, 5.41) is 3.30. The molecule has 0 radical (unpaired) electrons. The fraction of sp³-hybridized carbons (Fsp3) is 0.455. The molecule has 0 fully saturated rings. The summed E-state index contributed by atoms with van der Waals surface area (Å²) in [7, 11) is 3.28. The molecule has 0 bridgehead atoms. The van der Waals surface area contributed by atoms with Crippen molar-refractivity contribution in [3.8, 4) is 11.5 Å². The monoisotopic (exact) mass is 273 g/mol. The van der Waals surface area contributed by atoms with Gasteiger partial charge in [0.05, 0.1) is 14.2 Å². The van der Waals surface area contributed by atoms with Gasteiger partial charge in [-0.15, -0.1) is 0 Å². The van der Waals surface area contributed by atoms with Crippen LogP contribution in [0.15, 0.2) is 16.6 Å². The summed E-state index contributed by atoms with van der Waals surface area (Å²) in [5.41, 5.74) is 0.988. The van der Waals surface area contributed by atoms with Gasteiger partial charge < -0.3 is 14.8 Å². The van der Waals surface area contributed by atoms with Crippen LogP contribution in [0.3, 0.4) is 0 Å². The zero-order valence-corrected chi connectivity index (χ0v) is 11.0. The minimum atomic E-state index is 0.376. The number of halogens is 1. The molecule has 0 aliphatic rings. The molecule has 0 aromatic heterocycles. The number of nitrogens with one attached hydrogen (secondary N) is 1. The van der Waals surface area contributed by atoms with Crippen molar-refractivity contribution in [1.82, 2.24) is 0 Å². The van der Waals surface area contributed by atoms with Gasteiger partial charge in [-0.1, -0.05) is 0 Å². The van der Waals surface area contributed by atoms with Crippen molar-refractivity contribution in [2.45, 2.75) is 19.9 Å². The van der Waals surface area contributed by atoms with Crippen LogP contribution in [0, 0.1) is 0 Å². The predicted molar refractivity (Wildman–Crippen MR) is 66.0 cm³/mol. The Bertz CT molecular complexity index is 314. The highest BCUT2D eigenvalue weighted by Gasteiger charge is 2.09. The number of hydrogen-bond donors (Lipinski definition) is 1. The Kier molecular flexibility index (Phi) is 4.27. The van der Waals surface area contributed by atoms with Crippen LogP contribution in [0.25, 0.3) is 0 Å². The van der Waals surface area contributed by atoms with Crippen molar-refractivity contribution in [2.24, 2.45) is 0 Å². The summed E-state index contributed by atoms with van der Waals surface area (Å²) in [6.45, 7) is 4.17. The van der Waals surface area contributed by atoms with Crippen LogP contribution >= 0.6 is 15.9 Å². The second-order valence-corrected chi connectivity index (χ2v) is 4.29. The average molecular weight is 274 g/mol. The lowest BCUT2D eigenvalue weighted by Gasteiger charge is -2.14. The zero-order chi connectivity index (χ0) is 11.4. The maximum Gasteiger partial charge on any atom is 0.138 e. The summed E-state index contributed by atoms with van der Waals surface area (Å²) in [4.78, 5) is 0. The van der Waals surface area contributed by atoms with Crippen molar-refractivity contribution in [1.29, 1.82) is 0 Å². The first-order valence-electron chi connectivity index (χ1n) is 4.76. The molecule has 0 saturated carbocycles. The van der Waals surface area contributed by atoms with E-state index in [-0.39, 0.29) is 0 Å². The Hall–Kier alpha value is -0.900. The third-order valence-electron chi connectivity index (χ3n) is 1.90. The minimum Gasteiger partial charge on any atom is -0.495 e. The summed E-state index contributed by atoms with van der Waals surface area (Å²) in [6.07, 6.45) is 0. The van der Waals surface area contributed by atoms with Crippen LogP contribution in [0.2, 0.25) is 0 Å². The Labute approximate surface area is 98.9 Å². The van der Waals surface area contributed by atoms with Gasteiger partial charge in [-0.05, 0) is 29.8 Å². The maximum atomic E-state index is 5.24. The van der Waals surface area contributed by atoms with Gasteiger partial charge in [-0.2, -0.15) is 0 Å². The van der Waals surface area contributed by atoms with Crippen LogP contribution in [0.5, 0.6) is 11.5 Å². The molecule has 0 unspecified atom stereocenters. The van der Waals surface area contributed by atoms with Gasteiger partial charge in [-0.25, -0.2) is 0 Å². The van der Waals surface area contributed by atoms with E-state index in [0.717, 1.165) is 21.7 Å². The molecule has 1 N–H and O–H groups in total. The van der Waals surface area contributed by atoms with Gasteiger partial charge in [0.1, 0.15) is 16.0 Å². The van der Waals surface area contributed by atoms with E-state index in [2.05, 4.69) is 35.1 Å². The predicted octanol–water partition coefficient (Wildman–Crippen LogP) is 3.29. The molecular formula is C11H16BrNO2. The molecule has 0 heterocycles. The molecule has 0 saturated heterocycles. The van der Waals surface area contributed by atoms with E-state index < -0.39 is 0 Å². The van der Waals surface area contributed by atoms with Crippen molar-refractivity contribution in [3.05, 3.63) is 16.6 Å². The Morgan fingerprint density at radius 1 is 1.13 bits per heavy atom. The van der Waals surface area contributed by atoms with E-state index in [1.807, 2.05) is 12.1 Å². The molecule has 3 nitrogen and oxygen atoms in total. The van der Waals surface area contributed by atoms with E-state index in [9.17, 15) is 0 Å². The lowest BCUT2D eigenvalue weighted by molar-refractivity contribution is 0.390. The third-order valence-corrected chi connectivity index (χ3v) is 2.68. The number of hydrogen-bond acceptors (Lipinski definition) is 3. The molecule has 84 valence electrons. The molecule has 0 aliphatic heterocycles. The fourth-order valence-corrected chi connectivity index (χ4v) is 1.84. The van der Waals surface area contributed by atoms with Gasteiger partial charge in [0, 0.05) is 23.9 Å². The second-order valence-electron chi connectivity index (χ2n) is 3.49. The van der Waals surface area contributed by atoms with Gasteiger partial charge >= 0.3 is 0 Å². The van der Waals surface area contributed by atoms with E-state index in [0.29, 0.717) is 6.04 Å². The van der Waals surface area contributed by atoms with Crippen molar-refractivity contribution in [3.63, 3.8) is 0 Å². The van der Waals surface area contributed by atoms with Gasteiger partial charge in [0.25, 0.3) is 0 Å². The molecule has 0 amide bonds. The summed E-state index contributed by atoms with van der Waals surface area (Å²) in [5.74, 6) is 1.52. The number of anilines is 1. The largest absolute Gasteiger partial charge is 0.495 e. The molecule has 4 heteroatoms. The highest BCUT2D eigenvalue weighted by atomic mass is 79.9. The molecule has 1 aromatic rings. The molecule has 1 aromatic carbocycles. The van der Waals surface area contributed by atoms with Crippen LogP contribution in [0.1, 0.15) is 13.8 Å². The molecule has 1 rings (SSSR count). The zero-order valence-electron chi connectivity index (χ0n) is 9.43. The van der Waals surface area contributed by atoms with Crippen LogP contribution < -0.4 is 14.8 Å². The van der Waals surface area contributed by atoms with Gasteiger partial charge in [0.15, 0.2) is 0 Å². The first-order valence-corrected chi connectivity index (χ1v) is 5.55. The Morgan fingerprint density at radius 2 is 1.60 bits per heavy atom. The lowest BCUT2D eigenvalue weighted by atomic mass is 10.2. The van der Waals surface area contributed by atoms with E-state index in [1.54, 1.807) is 14.2 Å². The molecule has 0 atom stereocenters. The van der Waals surface area contributed by atoms with Gasteiger partial charge in [0.2, 0.25) is 0 Å². The molecule has 0 spiro atoms. The number of methoxy groups -OCH3 is 2. The SMILES string of the molecule is COc1cc(NC(C)C)cc(OC)c1Br. The summed E-state index contributed by atoms with van der Waals surface area (Å²) < 4.78 is 11.3. The maximum absolute atomic E-state index is 5.24. The van der Waals surface area contributed by atoms with E-state index >= 15 is 0 Å². The highest BCUT2D eigenvalue weighted by molar-refractivity contribution is 9.10. The Morgan fingerprint density at radius 3 is 1.93 bits per heavy atom. The fourth-order valence-electron chi connectivity index (χ4n) is 1.29. The molecule has 0 aliphatic carbocycles. The topological polar surface area (TPSA) is 30.5 Å². The number of benzene rings is 1. The molecule has 15 heavy (non-hydrogen) atoms. The third kappa shape index (κ3) is 3.02. The van der Waals surface area contributed by atoms with Crippen molar-refractivity contribution in [2.75, 3.05) is 19.5 Å². The summed E-state index contributed by atoms with van der Waals surface area (Å²) >= 11 is 3.42. The lowest BCUT2D eigenvalue weighted by Crippen LogP contribution is -2.09. The van der Waals surface area contributed by atoms with Crippen LogP contribution in [0.4, 0.5) is 5.69 Å².